The molecule has 0 aliphatic heterocycles. The van der Waals surface area contributed by atoms with E-state index in [0.29, 0.717) is 16.9 Å². The molecule has 0 spiro atoms. The molecule has 108 valence electrons. The Morgan fingerprint density at radius 2 is 1.90 bits per heavy atom. The van der Waals surface area contributed by atoms with Crippen molar-refractivity contribution in [3.63, 3.8) is 0 Å². The molecular formula is C15H15FN4O. The summed E-state index contributed by atoms with van der Waals surface area (Å²) < 4.78 is 13.1. The molecule has 0 aliphatic rings. The van der Waals surface area contributed by atoms with E-state index in [0.717, 1.165) is 5.56 Å². The fraction of sp³-hybridized carbons (Fsp3) is 0.0667. The lowest BCUT2D eigenvalue weighted by molar-refractivity contribution is 0.262. The monoisotopic (exact) mass is 286 g/mol. The summed E-state index contributed by atoms with van der Waals surface area (Å²) in [6.45, 7) is 1.80. The first kappa shape index (κ1) is 14.5. The summed E-state index contributed by atoms with van der Waals surface area (Å²) in [5.74, 6) is -0.568. The van der Waals surface area contributed by atoms with Gasteiger partial charge in [0.15, 0.2) is 0 Å². The molecule has 0 saturated heterocycles. The predicted molar refractivity (Wildman–Crippen MR) is 81.2 cm³/mol. The Balaban J connectivity index is 2.17. The molecule has 0 bridgehead atoms. The van der Waals surface area contributed by atoms with Crippen LogP contribution in [0.4, 0.5) is 20.6 Å². The Kier molecular flexibility index (Phi) is 4.18. The normalized spacial score (nSPS) is 10.0. The van der Waals surface area contributed by atoms with Gasteiger partial charge in [-0.1, -0.05) is 18.2 Å². The molecule has 0 radical (unpaired) electrons. The van der Waals surface area contributed by atoms with E-state index >= 15 is 0 Å². The van der Waals surface area contributed by atoms with Gasteiger partial charge in [-0.2, -0.15) is 0 Å². The summed E-state index contributed by atoms with van der Waals surface area (Å²) in [7, 11) is 0. The number of amides is 2. The van der Waals surface area contributed by atoms with Crippen LogP contribution in [-0.2, 0) is 0 Å². The zero-order valence-electron chi connectivity index (χ0n) is 11.4. The zero-order valence-corrected chi connectivity index (χ0v) is 11.4. The molecule has 2 rings (SSSR count). The molecule has 5 nitrogen and oxygen atoms in total. The van der Waals surface area contributed by atoms with Crippen LogP contribution in [0.1, 0.15) is 11.1 Å². The van der Waals surface area contributed by atoms with Gasteiger partial charge in [0.2, 0.25) is 0 Å². The summed E-state index contributed by atoms with van der Waals surface area (Å²) in [6.07, 6.45) is 0. The standard InChI is InChI=1S/C15H15FN4O/c1-9-4-2-7-12(13(9)14(17)18)20-15(21)19-11-6-3-5-10(16)8-11/h2-8H,1H3,(H3,17,18)(H2,19,20,21). The maximum atomic E-state index is 13.1. The van der Waals surface area contributed by atoms with Crippen LogP contribution in [0.15, 0.2) is 42.5 Å². The third-order valence-electron chi connectivity index (χ3n) is 2.87. The second-order valence-corrected chi connectivity index (χ2v) is 4.50. The van der Waals surface area contributed by atoms with E-state index in [1.54, 1.807) is 31.2 Å². The topological polar surface area (TPSA) is 91.0 Å². The van der Waals surface area contributed by atoms with E-state index in [-0.39, 0.29) is 5.84 Å². The number of hydrogen-bond acceptors (Lipinski definition) is 2. The minimum absolute atomic E-state index is 0.130. The summed E-state index contributed by atoms with van der Waals surface area (Å²) in [5, 5.41) is 12.7. The van der Waals surface area contributed by atoms with Crippen molar-refractivity contribution in [3.8, 4) is 0 Å². The fourth-order valence-corrected chi connectivity index (χ4v) is 1.98. The number of anilines is 2. The maximum absolute atomic E-state index is 13.1. The maximum Gasteiger partial charge on any atom is 0.323 e. The van der Waals surface area contributed by atoms with Crippen LogP contribution in [0.25, 0.3) is 0 Å². The Labute approximate surface area is 121 Å². The number of urea groups is 1. The SMILES string of the molecule is Cc1cccc(NC(=O)Nc2cccc(F)c2)c1C(=N)N. The molecule has 2 aromatic carbocycles. The largest absolute Gasteiger partial charge is 0.384 e. The summed E-state index contributed by atoms with van der Waals surface area (Å²) in [6, 6.07) is 10.2. The molecule has 0 aromatic heterocycles. The average molecular weight is 286 g/mol. The minimum Gasteiger partial charge on any atom is -0.384 e. The highest BCUT2D eigenvalue weighted by molar-refractivity contribution is 6.07. The third kappa shape index (κ3) is 3.56. The van der Waals surface area contributed by atoms with E-state index < -0.39 is 11.8 Å². The highest BCUT2D eigenvalue weighted by Crippen LogP contribution is 2.19. The highest BCUT2D eigenvalue weighted by atomic mass is 19.1. The Morgan fingerprint density at radius 3 is 2.57 bits per heavy atom. The van der Waals surface area contributed by atoms with Gasteiger partial charge in [-0.05, 0) is 36.8 Å². The van der Waals surface area contributed by atoms with Crippen LogP contribution in [0.3, 0.4) is 0 Å². The number of aryl methyl sites for hydroxylation is 1. The Morgan fingerprint density at radius 1 is 1.19 bits per heavy atom. The van der Waals surface area contributed by atoms with Crippen LogP contribution in [-0.4, -0.2) is 11.9 Å². The number of nitrogens with two attached hydrogens (primary N) is 1. The van der Waals surface area contributed by atoms with Gasteiger partial charge in [0.1, 0.15) is 11.7 Å². The van der Waals surface area contributed by atoms with Gasteiger partial charge >= 0.3 is 6.03 Å². The molecular weight excluding hydrogens is 271 g/mol. The van der Waals surface area contributed by atoms with Gasteiger partial charge in [0, 0.05) is 11.3 Å². The molecule has 0 aliphatic carbocycles. The van der Waals surface area contributed by atoms with Crippen molar-refractivity contribution in [2.24, 2.45) is 5.73 Å². The smallest absolute Gasteiger partial charge is 0.323 e. The number of halogens is 1. The van der Waals surface area contributed by atoms with Gasteiger partial charge in [-0.15, -0.1) is 0 Å². The molecule has 0 fully saturated rings. The number of hydrogen-bond donors (Lipinski definition) is 4. The molecule has 0 heterocycles. The number of nitrogen functional groups attached to an aromatic ring is 1. The molecule has 6 heteroatoms. The van der Waals surface area contributed by atoms with Crippen LogP contribution in [0, 0.1) is 18.2 Å². The van der Waals surface area contributed by atoms with Crippen molar-refractivity contribution in [3.05, 3.63) is 59.4 Å². The van der Waals surface area contributed by atoms with E-state index in [9.17, 15) is 9.18 Å². The van der Waals surface area contributed by atoms with E-state index in [1.165, 1.54) is 18.2 Å². The summed E-state index contributed by atoms with van der Waals surface area (Å²) >= 11 is 0. The lowest BCUT2D eigenvalue weighted by Crippen LogP contribution is -2.23. The van der Waals surface area contributed by atoms with Gasteiger partial charge in [0.25, 0.3) is 0 Å². The van der Waals surface area contributed by atoms with Crippen molar-refractivity contribution < 1.29 is 9.18 Å². The lowest BCUT2D eigenvalue weighted by Gasteiger charge is -2.13. The number of rotatable bonds is 3. The van der Waals surface area contributed by atoms with Gasteiger partial charge in [0.05, 0.1) is 5.69 Å². The summed E-state index contributed by atoms with van der Waals surface area (Å²) in [5.41, 5.74) is 7.54. The predicted octanol–water partition coefficient (Wildman–Crippen LogP) is 3.06. The fourth-order valence-electron chi connectivity index (χ4n) is 1.98. The van der Waals surface area contributed by atoms with Crippen molar-refractivity contribution in [1.82, 2.24) is 0 Å². The highest BCUT2D eigenvalue weighted by Gasteiger charge is 2.11. The molecule has 0 unspecified atom stereocenters. The first-order valence-corrected chi connectivity index (χ1v) is 6.25. The number of carbonyl (C=O) groups excluding carboxylic acids is 1. The van der Waals surface area contributed by atoms with Crippen LogP contribution in [0.5, 0.6) is 0 Å². The molecule has 0 atom stereocenters. The first-order valence-electron chi connectivity index (χ1n) is 6.25. The van der Waals surface area contributed by atoms with Gasteiger partial charge in [-0.25, -0.2) is 9.18 Å². The van der Waals surface area contributed by atoms with Crippen molar-refractivity contribution in [1.29, 1.82) is 5.41 Å². The molecule has 2 aromatic rings. The van der Waals surface area contributed by atoms with E-state index in [4.69, 9.17) is 11.1 Å². The molecule has 5 N–H and O–H groups in total. The molecule has 0 saturated carbocycles. The van der Waals surface area contributed by atoms with E-state index in [1.807, 2.05) is 0 Å². The molecule has 21 heavy (non-hydrogen) atoms. The van der Waals surface area contributed by atoms with Gasteiger partial charge < -0.3 is 16.4 Å². The van der Waals surface area contributed by atoms with Gasteiger partial charge in [-0.3, -0.25) is 5.41 Å². The van der Waals surface area contributed by atoms with Crippen molar-refractivity contribution in [2.45, 2.75) is 6.92 Å². The summed E-state index contributed by atoms with van der Waals surface area (Å²) in [4.78, 5) is 11.9. The Bertz CT molecular complexity index is 700. The quantitative estimate of drug-likeness (QED) is 0.516. The number of nitrogens with one attached hydrogen (secondary N) is 3. The third-order valence-corrected chi connectivity index (χ3v) is 2.87. The van der Waals surface area contributed by atoms with Crippen molar-refractivity contribution in [2.75, 3.05) is 10.6 Å². The van der Waals surface area contributed by atoms with Crippen LogP contribution >= 0.6 is 0 Å². The zero-order chi connectivity index (χ0) is 15.4. The average Bonchev–Trinajstić information content (AvgIpc) is 2.37. The number of amidine groups is 1. The number of carbonyl (C=O) groups is 1. The van der Waals surface area contributed by atoms with Crippen LogP contribution < -0.4 is 16.4 Å². The van der Waals surface area contributed by atoms with E-state index in [2.05, 4.69) is 10.6 Å². The van der Waals surface area contributed by atoms with Crippen LogP contribution in [0.2, 0.25) is 0 Å². The minimum atomic E-state index is -0.534. The second kappa shape index (κ2) is 6.04. The first-order chi connectivity index (χ1) is 9.97. The second-order valence-electron chi connectivity index (χ2n) is 4.50. The Hall–Kier alpha value is -2.89. The molecule has 2 amide bonds. The lowest BCUT2D eigenvalue weighted by atomic mass is 10.1. The van der Waals surface area contributed by atoms with Crippen molar-refractivity contribution >= 4 is 23.2 Å². The number of benzene rings is 2.